The molecule has 0 amide bonds. The van der Waals surface area contributed by atoms with Crippen molar-refractivity contribution in [3.05, 3.63) is 77.6 Å². The minimum absolute atomic E-state index is 0.0192. The lowest BCUT2D eigenvalue weighted by Crippen LogP contribution is -2.25. The minimum atomic E-state index is -0.599. The highest BCUT2D eigenvalue weighted by Gasteiger charge is 2.16. The summed E-state index contributed by atoms with van der Waals surface area (Å²) in [5.74, 6) is -0.270. The van der Waals surface area contributed by atoms with Gasteiger partial charge in [-0.05, 0) is 55.8 Å². The second-order valence-electron chi connectivity index (χ2n) is 6.00. The van der Waals surface area contributed by atoms with Crippen molar-refractivity contribution < 1.29 is 9.50 Å². The Morgan fingerprint density at radius 1 is 1.16 bits per heavy atom. The van der Waals surface area contributed by atoms with Gasteiger partial charge in [-0.25, -0.2) is 9.07 Å². The van der Waals surface area contributed by atoms with Crippen LogP contribution in [0.3, 0.4) is 0 Å². The molecule has 2 N–H and O–H groups in total. The van der Waals surface area contributed by atoms with E-state index >= 15 is 0 Å². The summed E-state index contributed by atoms with van der Waals surface area (Å²) in [5.41, 5.74) is 3.65. The number of rotatable bonds is 6. The predicted molar refractivity (Wildman–Crippen MR) is 93.9 cm³/mol. The van der Waals surface area contributed by atoms with E-state index in [-0.39, 0.29) is 11.9 Å². The number of nitrogens with zero attached hydrogens (tertiary/aromatic N) is 3. The third-order valence-corrected chi connectivity index (χ3v) is 4.29. The zero-order valence-electron chi connectivity index (χ0n) is 14.2. The highest BCUT2D eigenvalue weighted by Crippen LogP contribution is 2.21. The summed E-state index contributed by atoms with van der Waals surface area (Å²) in [7, 11) is 0. The average molecular weight is 340 g/mol. The van der Waals surface area contributed by atoms with Crippen molar-refractivity contribution in [2.24, 2.45) is 0 Å². The smallest absolute Gasteiger partial charge is 0.123 e. The van der Waals surface area contributed by atoms with E-state index in [2.05, 4.69) is 15.4 Å². The van der Waals surface area contributed by atoms with Crippen LogP contribution in [0, 0.1) is 12.7 Å². The summed E-state index contributed by atoms with van der Waals surface area (Å²) in [6, 6.07) is 9.86. The summed E-state index contributed by atoms with van der Waals surface area (Å²) in [5, 5.41) is 18.0. The van der Waals surface area contributed by atoms with Crippen LogP contribution in [0.15, 0.2) is 55.0 Å². The molecule has 25 heavy (non-hydrogen) atoms. The number of pyridine rings is 1. The molecule has 3 aromatic rings. The van der Waals surface area contributed by atoms with E-state index in [1.165, 1.54) is 12.1 Å². The molecule has 0 aliphatic carbocycles. The van der Waals surface area contributed by atoms with Gasteiger partial charge in [0.25, 0.3) is 0 Å². The zero-order chi connectivity index (χ0) is 17.8. The fourth-order valence-corrected chi connectivity index (χ4v) is 2.79. The van der Waals surface area contributed by atoms with Gasteiger partial charge in [-0.15, -0.1) is 0 Å². The molecule has 2 heterocycles. The molecule has 6 heteroatoms. The van der Waals surface area contributed by atoms with E-state index in [1.54, 1.807) is 47.5 Å². The lowest BCUT2D eigenvalue weighted by molar-refractivity contribution is 0.170. The minimum Gasteiger partial charge on any atom is -0.387 e. The SMILES string of the molecule is Cc1c(C(C)NCC(O)c2ccncc2)cnn1-c1ccc(F)cc1. The summed E-state index contributed by atoms with van der Waals surface area (Å²) in [6.45, 7) is 4.42. The first-order chi connectivity index (χ1) is 12.1. The highest BCUT2D eigenvalue weighted by atomic mass is 19.1. The van der Waals surface area contributed by atoms with E-state index in [4.69, 9.17) is 0 Å². The van der Waals surface area contributed by atoms with Crippen molar-refractivity contribution in [2.75, 3.05) is 6.54 Å². The Hall–Kier alpha value is -2.57. The summed E-state index contributed by atoms with van der Waals surface area (Å²) >= 11 is 0. The molecule has 0 saturated carbocycles. The second-order valence-corrected chi connectivity index (χ2v) is 6.00. The van der Waals surface area contributed by atoms with E-state index in [9.17, 15) is 9.50 Å². The third kappa shape index (κ3) is 3.92. The quantitative estimate of drug-likeness (QED) is 0.724. The molecule has 0 radical (unpaired) electrons. The molecule has 5 nitrogen and oxygen atoms in total. The molecule has 2 aromatic heterocycles. The van der Waals surface area contributed by atoms with Crippen LogP contribution in [0.25, 0.3) is 5.69 Å². The zero-order valence-corrected chi connectivity index (χ0v) is 14.2. The van der Waals surface area contributed by atoms with Gasteiger partial charge in [0, 0.05) is 36.2 Å². The lowest BCUT2D eigenvalue weighted by Gasteiger charge is -2.17. The van der Waals surface area contributed by atoms with Crippen molar-refractivity contribution >= 4 is 0 Å². The Balaban J connectivity index is 1.68. The Labute approximate surface area is 146 Å². The molecule has 0 saturated heterocycles. The van der Waals surface area contributed by atoms with Gasteiger partial charge < -0.3 is 10.4 Å². The first-order valence-electron chi connectivity index (χ1n) is 8.18. The third-order valence-electron chi connectivity index (χ3n) is 4.29. The highest BCUT2D eigenvalue weighted by molar-refractivity contribution is 5.35. The second kappa shape index (κ2) is 7.55. The molecule has 1 aromatic carbocycles. The van der Waals surface area contributed by atoms with Crippen molar-refractivity contribution in [1.29, 1.82) is 0 Å². The van der Waals surface area contributed by atoms with Crippen molar-refractivity contribution in [1.82, 2.24) is 20.1 Å². The maximum absolute atomic E-state index is 13.1. The number of benzene rings is 1. The maximum atomic E-state index is 13.1. The first-order valence-corrected chi connectivity index (χ1v) is 8.18. The number of aromatic nitrogens is 3. The molecular weight excluding hydrogens is 319 g/mol. The molecule has 0 aliphatic heterocycles. The van der Waals surface area contributed by atoms with Crippen LogP contribution in [-0.2, 0) is 0 Å². The van der Waals surface area contributed by atoms with Crippen LogP contribution in [0.5, 0.6) is 0 Å². The van der Waals surface area contributed by atoms with Crippen LogP contribution in [0.2, 0.25) is 0 Å². The predicted octanol–water partition coefficient (Wildman–Crippen LogP) is 3.10. The Morgan fingerprint density at radius 3 is 2.52 bits per heavy atom. The number of aliphatic hydroxyl groups is 1. The van der Waals surface area contributed by atoms with E-state index in [1.807, 2.05) is 13.8 Å². The largest absolute Gasteiger partial charge is 0.387 e. The number of halogens is 1. The van der Waals surface area contributed by atoms with Crippen molar-refractivity contribution in [2.45, 2.75) is 26.0 Å². The van der Waals surface area contributed by atoms with Gasteiger partial charge >= 0.3 is 0 Å². The van der Waals surface area contributed by atoms with Crippen LogP contribution in [0.4, 0.5) is 4.39 Å². The summed E-state index contributed by atoms with van der Waals surface area (Å²) < 4.78 is 14.9. The Kier molecular flexibility index (Phi) is 5.21. The fraction of sp³-hybridized carbons (Fsp3) is 0.263. The lowest BCUT2D eigenvalue weighted by atomic mass is 10.1. The molecular formula is C19H21FN4O. The molecule has 2 atom stereocenters. The van der Waals surface area contributed by atoms with Gasteiger partial charge in [0.2, 0.25) is 0 Å². The number of hydrogen-bond acceptors (Lipinski definition) is 4. The van der Waals surface area contributed by atoms with Gasteiger partial charge in [0.05, 0.1) is 18.0 Å². The standard InChI is InChI=1S/C19H21FN4O/c1-13(22-12-19(25)15-7-9-21-10-8-15)18-11-23-24(14(18)2)17-5-3-16(20)4-6-17/h3-11,13,19,22,25H,12H2,1-2H3. The molecule has 0 aliphatic rings. The van der Waals surface area contributed by atoms with Crippen LogP contribution in [-0.4, -0.2) is 26.4 Å². The van der Waals surface area contributed by atoms with Crippen LogP contribution >= 0.6 is 0 Å². The van der Waals surface area contributed by atoms with Gasteiger partial charge in [-0.2, -0.15) is 5.10 Å². The first kappa shape index (κ1) is 17.3. The van der Waals surface area contributed by atoms with Crippen molar-refractivity contribution in [3.8, 4) is 5.69 Å². The van der Waals surface area contributed by atoms with Gasteiger partial charge in [0.15, 0.2) is 0 Å². The van der Waals surface area contributed by atoms with Gasteiger partial charge in [-0.3, -0.25) is 4.98 Å². The maximum Gasteiger partial charge on any atom is 0.123 e. The molecule has 3 rings (SSSR count). The summed E-state index contributed by atoms with van der Waals surface area (Å²) in [6.07, 6.45) is 4.53. The normalized spacial score (nSPS) is 13.6. The Morgan fingerprint density at radius 2 is 1.84 bits per heavy atom. The topological polar surface area (TPSA) is 63.0 Å². The molecule has 0 bridgehead atoms. The van der Waals surface area contributed by atoms with Crippen LogP contribution in [0.1, 0.15) is 35.9 Å². The average Bonchev–Trinajstić information content (AvgIpc) is 3.02. The molecule has 0 spiro atoms. The van der Waals surface area contributed by atoms with Gasteiger partial charge in [-0.1, -0.05) is 0 Å². The van der Waals surface area contributed by atoms with Crippen LogP contribution < -0.4 is 5.32 Å². The monoisotopic (exact) mass is 340 g/mol. The fourth-order valence-electron chi connectivity index (χ4n) is 2.79. The van der Waals surface area contributed by atoms with E-state index in [0.717, 1.165) is 22.5 Å². The van der Waals surface area contributed by atoms with Crippen molar-refractivity contribution in [3.63, 3.8) is 0 Å². The molecule has 2 unspecified atom stereocenters. The van der Waals surface area contributed by atoms with Gasteiger partial charge in [0.1, 0.15) is 5.82 Å². The number of hydrogen-bond donors (Lipinski definition) is 2. The molecule has 0 fully saturated rings. The molecule has 130 valence electrons. The van der Waals surface area contributed by atoms with E-state index in [0.29, 0.717) is 6.54 Å². The number of aliphatic hydroxyl groups excluding tert-OH is 1. The van der Waals surface area contributed by atoms with E-state index < -0.39 is 6.10 Å². The Bertz CT molecular complexity index is 817. The summed E-state index contributed by atoms with van der Waals surface area (Å²) in [4.78, 5) is 3.95. The number of nitrogens with one attached hydrogen (secondary N) is 1.